The summed E-state index contributed by atoms with van der Waals surface area (Å²) >= 11 is 0. The van der Waals surface area contributed by atoms with Gasteiger partial charge in [0.1, 0.15) is 5.75 Å². The zero-order chi connectivity index (χ0) is 14.7. The largest absolute Gasteiger partial charge is 0.497 e. The highest BCUT2D eigenvalue weighted by Gasteiger charge is 2.24. The van der Waals surface area contributed by atoms with Crippen molar-refractivity contribution < 1.29 is 4.74 Å². The minimum atomic E-state index is 0.437. The van der Waals surface area contributed by atoms with Crippen molar-refractivity contribution in [3.63, 3.8) is 0 Å². The molecule has 21 heavy (non-hydrogen) atoms. The summed E-state index contributed by atoms with van der Waals surface area (Å²) in [7, 11) is 1.67. The van der Waals surface area contributed by atoms with Crippen molar-refractivity contribution in [3.05, 3.63) is 71.3 Å². The fourth-order valence-corrected chi connectivity index (χ4v) is 3.05. The maximum Gasteiger partial charge on any atom is 0.119 e. The van der Waals surface area contributed by atoms with Crippen LogP contribution in [0.15, 0.2) is 54.6 Å². The number of rotatable bonds is 2. The summed E-state index contributed by atoms with van der Waals surface area (Å²) in [5.74, 6) is 1.28. The maximum atomic E-state index is 9.07. The molecule has 3 rings (SSSR count). The van der Waals surface area contributed by atoms with E-state index in [1.54, 1.807) is 13.2 Å². The Balaban J connectivity index is 2.03. The van der Waals surface area contributed by atoms with Crippen LogP contribution in [0.5, 0.6) is 5.75 Å². The number of nitriles is 1. The van der Waals surface area contributed by atoms with E-state index in [0.717, 1.165) is 29.7 Å². The van der Waals surface area contributed by atoms with Gasteiger partial charge in [-0.15, -0.1) is 0 Å². The lowest BCUT2D eigenvalue weighted by Gasteiger charge is -2.27. The zero-order valence-corrected chi connectivity index (χ0v) is 12.0. The SMILES string of the molecule is COc1ccc2c(c1)/C(=C/C#N)C[C@@H](c1ccccc1)C2. The molecule has 1 aliphatic rings. The number of methoxy groups -OCH3 is 1. The third-order valence-corrected chi connectivity index (χ3v) is 4.11. The molecule has 0 N–H and O–H groups in total. The molecule has 0 aliphatic heterocycles. The first kappa shape index (κ1) is 13.5. The average Bonchev–Trinajstić information content (AvgIpc) is 2.55. The summed E-state index contributed by atoms with van der Waals surface area (Å²) in [6.45, 7) is 0. The van der Waals surface area contributed by atoms with E-state index in [1.807, 2.05) is 18.2 Å². The molecule has 0 aromatic heterocycles. The molecule has 1 atom stereocenters. The van der Waals surface area contributed by atoms with Crippen molar-refractivity contribution in [2.45, 2.75) is 18.8 Å². The number of fused-ring (bicyclic) bond motifs is 1. The lowest BCUT2D eigenvalue weighted by molar-refractivity contribution is 0.414. The molecular formula is C19H17NO. The summed E-state index contributed by atoms with van der Waals surface area (Å²) < 4.78 is 5.31. The topological polar surface area (TPSA) is 33.0 Å². The molecule has 0 unspecified atom stereocenters. The minimum absolute atomic E-state index is 0.437. The Morgan fingerprint density at radius 2 is 1.95 bits per heavy atom. The first-order valence-corrected chi connectivity index (χ1v) is 7.12. The summed E-state index contributed by atoms with van der Waals surface area (Å²) in [6.07, 6.45) is 3.58. The molecule has 1 aliphatic carbocycles. The van der Waals surface area contributed by atoms with Gasteiger partial charge < -0.3 is 4.74 Å². The van der Waals surface area contributed by atoms with Gasteiger partial charge in [0.2, 0.25) is 0 Å². The average molecular weight is 275 g/mol. The monoisotopic (exact) mass is 275 g/mol. The van der Waals surface area contributed by atoms with Gasteiger partial charge in [-0.05, 0) is 53.2 Å². The summed E-state index contributed by atoms with van der Waals surface area (Å²) in [5.41, 5.74) is 4.88. The Hall–Kier alpha value is -2.53. The van der Waals surface area contributed by atoms with Gasteiger partial charge in [-0.3, -0.25) is 0 Å². The molecule has 0 amide bonds. The smallest absolute Gasteiger partial charge is 0.119 e. The van der Waals surface area contributed by atoms with E-state index < -0.39 is 0 Å². The first-order chi connectivity index (χ1) is 10.3. The molecule has 2 aromatic carbocycles. The molecule has 0 radical (unpaired) electrons. The molecule has 0 heterocycles. The van der Waals surface area contributed by atoms with E-state index in [0.29, 0.717) is 5.92 Å². The van der Waals surface area contributed by atoms with Crippen molar-refractivity contribution in [3.8, 4) is 11.8 Å². The minimum Gasteiger partial charge on any atom is -0.497 e. The first-order valence-electron chi connectivity index (χ1n) is 7.12. The van der Waals surface area contributed by atoms with Crippen LogP contribution in [0, 0.1) is 11.3 Å². The molecule has 2 aromatic rings. The lowest BCUT2D eigenvalue weighted by atomic mass is 9.77. The Labute approximate surface area is 125 Å². The van der Waals surface area contributed by atoms with Crippen LogP contribution in [0.25, 0.3) is 5.57 Å². The van der Waals surface area contributed by atoms with Crippen LogP contribution in [-0.2, 0) is 6.42 Å². The number of allylic oxidation sites excluding steroid dienone is 2. The van der Waals surface area contributed by atoms with Crippen molar-refractivity contribution in [2.24, 2.45) is 0 Å². The molecule has 0 bridgehead atoms. The van der Waals surface area contributed by atoms with E-state index in [9.17, 15) is 0 Å². The van der Waals surface area contributed by atoms with Gasteiger partial charge in [-0.25, -0.2) is 0 Å². The number of nitrogens with zero attached hydrogens (tertiary/aromatic N) is 1. The van der Waals surface area contributed by atoms with E-state index in [2.05, 4.69) is 36.4 Å². The Kier molecular flexibility index (Phi) is 3.75. The summed E-state index contributed by atoms with van der Waals surface area (Å²) in [6, 6.07) is 18.9. The maximum absolute atomic E-state index is 9.07. The van der Waals surface area contributed by atoms with E-state index in [4.69, 9.17) is 10.00 Å². The van der Waals surface area contributed by atoms with Gasteiger partial charge in [0.15, 0.2) is 0 Å². The molecular weight excluding hydrogens is 258 g/mol. The molecule has 104 valence electrons. The van der Waals surface area contributed by atoms with Crippen LogP contribution in [0.3, 0.4) is 0 Å². The highest BCUT2D eigenvalue weighted by Crippen LogP contribution is 2.40. The van der Waals surface area contributed by atoms with Crippen LogP contribution in [0.2, 0.25) is 0 Å². The highest BCUT2D eigenvalue weighted by atomic mass is 16.5. The molecule has 0 spiro atoms. The number of benzene rings is 2. The van der Waals surface area contributed by atoms with E-state index in [1.165, 1.54) is 11.1 Å². The van der Waals surface area contributed by atoms with E-state index in [-0.39, 0.29) is 0 Å². The molecule has 2 heteroatoms. The molecule has 0 saturated heterocycles. The van der Waals surface area contributed by atoms with E-state index >= 15 is 0 Å². The Morgan fingerprint density at radius 1 is 1.14 bits per heavy atom. The number of hydrogen-bond acceptors (Lipinski definition) is 2. The molecule has 0 fully saturated rings. The van der Waals surface area contributed by atoms with Crippen molar-refractivity contribution >= 4 is 5.57 Å². The van der Waals surface area contributed by atoms with Crippen LogP contribution < -0.4 is 4.74 Å². The number of ether oxygens (including phenoxy) is 1. The normalized spacial score (nSPS) is 18.9. The third-order valence-electron chi connectivity index (χ3n) is 4.11. The van der Waals surface area contributed by atoms with Crippen molar-refractivity contribution in [1.29, 1.82) is 5.26 Å². The highest BCUT2D eigenvalue weighted by molar-refractivity contribution is 5.74. The van der Waals surface area contributed by atoms with Crippen molar-refractivity contribution in [1.82, 2.24) is 0 Å². The predicted molar refractivity (Wildman–Crippen MR) is 84.1 cm³/mol. The van der Waals surface area contributed by atoms with Gasteiger partial charge in [0, 0.05) is 6.08 Å². The van der Waals surface area contributed by atoms with Crippen LogP contribution >= 0.6 is 0 Å². The van der Waals surface area contributed by atoms with Crippen molar-refractivity contribution in [2.75, 3.05) is 7.11 Å². The predicted octanol–water partition coefficient (Wildman–Crippen LogP) is 4.33. The standard InChI is InChI=1S/C19H17NO/c1-21-18-8-7-15-11-17(14-5-3-2-4-6-14)12-16(9-10-20)19(15)13-18/h2-9,13,17H,11-12H2,1H3/b16-9+/t17-/m0/s1. The zero-order valence-electron chi connectivity index (χ0n) is 12.0. The van der Waals surface area contributed by atoms with Gasteiger partial charge in [0.05, 0.1) is 13.2 Å². The second-order valence-electron chi connectivity index (χ2n) is 5.34. The van der Waals surface area contributed by atoms with Crippen LogP contribution in [0.1, 0.15) is 29.0 Å². The Bertz CT molecular complexity index is 710. The van der Waals surface area contributed by atoms with Crippen LogP contribution in [-0.4, -0.2) is 7.11 Å². The fraction of sp³-hybridized carbons (Fsp3) is 0.211. The third kappa shape index (κ3) is 2.68. The van der Waals surface area contributed by atoms with Crippen LogP contribution in [0.4, 0.5) is 0 Å². The van der Waals surface area contributed by atoms with Gasteiger partial charge in [-0.2, -0.15) is 5.26 Å². The second-order valence-corrected chi connectivity index (χ2v) is 5.34. The van der Waals surface area contributed by atoms with Gasteiger partial charge >= 0.3 is 0 Å². The summed E-state index contributed by atoms with van der Waals surface area (Å²) in [5, 5.41) is 9.07. The number of hydrogen-bond donors (Lipinski definition) is 0. The quantitative estimate of drug-likeness (QED) is 0.764. The van der Waals surface area contributed by atoms with Gasteiger partial charge in [0.25, 0.3) is 0 Å². The summed E-state index contributed by atoms with van der Waals surface area (Å²) in [4.78, 5) is 0. The lowest BCUT2D eigenvalue weighted by Crippen LogP contribution is -2.12. The Morgan fingerprint density at radius 3 is 2.67 bits per heavy atom. The molecule has 2 nitrogen and oxygen atoms in total. The molecule has 0 saturated carbocycles. The van der Waals surface area contributed by atoms with Gasteiger partial charge in [-0.1, -0.05) is 36.4 Å². The second kappa shape index (κ2) is 5.85. The fourth-order valence-electron chi connectivity index (χ4n) is 3.05.